The fraction of sp³-hybridized carbons (Fsp3) is 0.300. The first-order chi connectivity index (χ1) is 6.79. The highest BCUT2D eigenvalue weighted by molar-refractivity contribution is 5.19. The van der Waals surface area contributed by atoms with Crippen LogP contribution in [-0.2, 0) is 13.0 Å². The Labute approximate surface area is 82.4 Å². The number of nitrogens with two attached hydrogens (primary N) is 1. The molecule has 0 aliphatic rings. The van der Waals surface area contributed by atoms with Crippen LogP contribution in [0, 0.1) is 0 Å². The van der Waals surface area contributed by atoms with Gasteiger partial charge >= 0.3 is 0 Å². The molecule has 74 valence electrons. The lowest BCUT2D eigenvalue weighted by molar-refractivity contribution is 0.458. The molecule has 2 N–H and O–H groups in total. The molecule has 0 aliphatic heterocycles. The number of nitrogen functional groups attached to an aromatic ring is 1. The third-order valence-corrected chi connectivity index (χ3v) is 2.14. The molecule has 0 saturated heterocycles. The van der Waals surface area contributed by atoms with E-state index in [0.717, 1.165) is 17.9 Å². The highest BCUT2D eigenvalue weighted by atomic mass is 16.3. The number of nitrogens with zero attached hydrogens (tertiary/aromatic N) is 2. The van der Waals surface area contributed by atoms with E-state index in [2.05, 4.69) is 11.9 Å². The summed E-state index contributed by atoms with van der Waals surface area (Å²) >= 11 is 0. The molecule has 14 heavy (non-hydrogen) atoms. The van der Waals surface area contributed by atoms with Gasteiger partial charge in [0, 0.05) is 18.8 Å². The van der Waals surface area contributed by atoms with Crippen molar-refractivity contribution in [3.05, 3.63) is 36.0 Å². The predicted octanol–water partition coefficient (Wildman–Crippen LogP) is 1.67. The molecule has 0 atom stereocenters. The lowest BCUT2D eigenvalue weighted by Gasteiger charge is -2.00. The quantitative estimate of drug-likeness (QED) is 0.802. The summed E-state index contributed by atoms with van der Waals surface area (Å²) in [7, 11) is 0. The Morgan fingerprint density at radius 1 is 1.43 bits per heavy atom. The smallest absolute Gasteiger partial charge is 0.200 e. The Balaban J connectivity index is 2.15. The van der Waals surface area contributed by atoms with Crippen LogP contribution >= 0.6 is 0 Å². The molecule has 0 amide bonds. The van der Waals surface area contributed by atoms with Crippen molar-refractivity contribution in [2.24, 2.45) is 0 Å². The molecule has 2 rings (SSSR count). The average molecular weight is 191 g/mol. The zero-order chi connectivity index (χ0) is 9.97. The molecule has 2 heterocycles. The lowest BCUT2D eigenvalue weighted by atomic mass is 10.3. The van der Waals surface area contributed by atoms with Gasteiger partial charge in [-0.25, -0.2) is 4.98 Å². The Morgan fingerprint density at radius 3 is 2.79 bits per heavy atom. The zero-order valence-corrected chi connectivity index (χ0v) is 8.10. The van der Waals surface area contributed by atoms with Gasteiger partial charge in [0.25, 0.3) is 0 Å². The first-order valence-electron chi connectivity index (χ1n) is 4.63. The summed E-state index contributed by atoms with van der Waals surface area (Å²) in [6.07, 6.45) is 4.43. The summed E-state index contributed by atoms with van der Waals surface area (Å²) in [5, 5.41) is 0. The fourth-order valence-electron chi connectivity index (χ4n) is 1.34. The van der Waals surface area contributed by atoms with E-state index in [1.807, 2.05) is 22.9 Å². The Hall–Kier alpha value is -1.71. The number of rotatable bonds is 3. The number of hydrogen-bond donors (Lipinski definition) is 1. The standard InChI is InChI=1S/C10H13N3O/c1-2-8-3-4-9(14-8)7-13-6-5-12-10(13)11/h3-6H,2,7H2,1H3,(H2,11,12). The molecule has 4 nitrogen and oxygen atoms in total. The number of hydrogen-bond acceptors (Lipinski definition) is 3. The summed E-state index contributed by atoms with van der Waals surface area (Å²) in [4.78, 5) is 3.94. The van der Waals surface area contributed by atoms with Crippen LogP contribution in [0.15, 0.2) is 28.9 Å². The fourth-order valence-corrected chi connectivity index (χ4v) is 1.34. The minimum absolute atomic E-state index is 0.513. The van der Waals surface area contributed by atoms with E-state index in [-0.39, 0.29) is 0 Å². The molecular weight excluding hydrogens is 178 g/mol. The maximum absolute atomic E-state index is 5.64. The van der Waals surface area contributed by atoms with Crippen molar-refractivity contribution in [1.82, 2.24) is 9.55 Å². The summed E-state index contributed by atoms with van der Waals surface area (Å²) < 4.78 is 7.40. The van der Waals surface area contributed by atoms with Gasteiger partial charge in [-0.2, -0.15) is 0 Å². The minimum atomic E-state index is 0.513. The van der Waals surface area contributed by atoms with E-state index in [9.17, 15) is 0 Å². The zero-order valence-electron chi connectivity index (χ0n) is 8.10. The summed E-state index contributed by atoms with van der Waals surface area (Å²) in [6.45, 7) is 2.71. The summed E-state index contributed by atoms with van der Waals surface area (Å²) in [5.74, 6) is 2.42. The summed E-state index contributed by atoms with van der Waals surface area (Å²) in [5.41, 5.74) is 5.64. The monoisotopic (exact) mass is 191 g/mol. The maximum Gasteiger partial charge on any atom is 0.200 e. The van der Waals surface area contributed by atoms with E-state index in [4.69, 9.17) is 10.2 Å². The molecule has 0 aliphatic carbocycles. The van der Waals surface area contributed by atoms with Gasteiger partial charge in [0.15, 0.2) is 0 Å². The largest absolute Gasteiger partial charge is 0.464 e. The van der Waals surface area contributed by atoms with Gasteiger partial charge in [-0.05, 0) is 12.1 Å². The number of aryl methyl sites for hydroxylation is 1. The third kappa shape index (κ3) is 1.64. The predicted molar refractivity (Wildman–Crippen MR) is 53.8 cm³/mol. The van der Waals surface area contributed by atoms with Gasteiger partial charge in [0.1, 0.15) is 11.5 Å². The van der Waals surface area contributed by atoms with E-state index in [1.54, 1.807) is 6.20 Å². The van der Waals surface area contributed by atoms with Crippen LogP contribution in [0.2, 0.25) is 0 Å². The second-order valence-electron chi connectivity index (χ2n) is 3.13. The van der Waals surface area contributed by atoms with Gasteiger partial charge in [-0.15, -0.1) is 0 Å². The van der Waals surface area contributed by atoms with E-state index < -0.39 is 0 Å². The number of furan rings is 1. The van der Waals surface area contributed by atoms with E-state index >= 15 is 0 Å². The molecule has 4 heteroatoms. The molecule has 0 bridgehead atoms. The van der Waals surface area contributed by atoms with Crippen LogP contribution in [0.4, 0.5) is 5.95 Å². The van der Waals surface area contributed by atoms with Gasteiger partial charge in [0.2, 0.25) is 5.95 Å². The molecule has 0 aromatic carbocycles. The Kier molecular flexibility index (Phi) is 2.26. The first-order valence-corrected chi connectivity index (χ1v) is 4.63. The molecule has 0 saturated carbocycles. The molecule has 0 spiro atoms. The topological polar surface area (TPSA) is 57.0 Å². The second kappa shape index (κ2) is 3.57. The van der Waals surface area contributed by atoms with Gasteiger partial charge in [0.05, 0.1) is 6.54 Å². The van der Waals surface area contributed by atoms with Crippen LogP contribution in [0.3, 0.4) is 0 Å². The number of anilines is 1. The van der Waals surface area contributed by atoms with E-state index in [0.29, 0.717) is 12.5 Å². The first kappa shape index (κ1) is 8.87. The van der Waals surface area contributed by atoms with E-state index in [1.165, 1.54) is 0 Å². The van der Waals surface area contributed by atoms with Crippen molar-refractivity contribution >= 4 is 5.95 Å². The van der Waals surface area contributed by atoms with Gasteiger partial charge in [-0.1, -0.05) is 6.92 Å². The molecule has 0 unspecified atom stereocenters. The maximum atomic E-state index is 5.64. The van der Waals surface area contributed by atoms with Gasteiger partial charge < -0.3 is 14.7 Å². The van der Waals surface area contributed by atoms with Gasteiger partial charge in [-0.3, -0.25) is 0 Å². The molecule has 0 radical (unpaired) electrons. The number of imidazole rings is 1. The van der Waals surface area contributed by atoms with Crippen molar-refractivity contribution in [2.75, 3.05) is 5.73 Å². The van der Waals surface area contributed by atoms with Crippen molar-refractivity contribution < 1.29 is 4.42 Å². The third-order valence-electron chi connectivity index (χ3n) is 2.14. The van der Waals surface area contributed by atoms with Crippen LogP contribution in [-0.4, -0.2) is 9.55 Å². The minimum Gasteiger partial charge on any atom is -0.464 e. The van der Waals surface area contributed by atoms with Crippen LogP contribution in [0.5, 0.6) is 0 Å². The summed E-state index contributed by atoms with van der Waals surface area (Å²) in [6, 6.07) is 3.96. The van der Waals surface area contributed by atoms with Crippen LogP contribution < -0.4 is 5.73 Å². The Morgan fingerprint density at radius 2 is 2.21 bits per heavy atom. The highest BCUT2D eigenvalue weighted by Gasteiger charge is 2.03. The van der Waals surface area contributed by atoms with Crippen LogP contribution in [0.1, 0.15) is 18.4 Å². The van der Waals surface area contributed by atoms with Crippen molar-refractivity contribution in [2.45, 2.75) is 19.9 Å². The lowest BCUT2D eigenvalue weighted by Crippen LogP contribution is -2.02. The molecular formula is C10H13N3O. The molecule has 0 fully saturated rings. The average Bonchev–Trinajstić information content (AvgIpc) is 2.77. The SMILES string of the molecule is CCc1ccc(Cn2ccnc2N)o1. The van der Waals surface area contributed by atoms with Crippen LogP contribution in [0.25, 0.3) is 0 Å². The van der Waals surface area contributed by atoms with Crippen molar-refractivity contribution in [3.63, 3.8) is 0 Å². The Bertz CT molecular complexity index is 416. The molecule has 2 aromatic rings. The second-order valence-corrected chi connectivity index (χ2v) is 3.13. The molecule has 2 aromatic heterocycles. The van der Waals surface area contributed by atoms with Crippen molar-refractivity contribution in [3.8, 4) is 0 Å². The normalized spacial score (nSPS) is 10.6. The van der Waals surface area contributed by atoms with Crippen molar-refractivity contribution in [1.29, 1.82) is 0 Å². The number of aromatic nitrogens is 2. The highest BCUT2D eigenvalue weighted by Crippen LogP contribution is 2.11.